The Morgan fingerprint density at radius 3 is 1.48 bits per heavy atom. The van der Waals surface area contributed by atoms with Gasteiger partial charge in [0.25, 0.3) is 0 Å². The summed E-state index contributed by atoms with van der Waals surface area (Å²) in [5, 5.41) is 23.7. The maximum atomic E-state index is 12.9. The SMILES string of the molecule is [O-]c1c([18F])cc(Cl)c2cccnc12.[O-]c1c([18F])cc(Cl)c2cccnc12.[Zn+2]. The summed E-state index contributed by atoms with van der Waals surface area (Å²) in [6.07, 6.45) is 2.86. The first-order valence-corrected chi connectivity index (χ1v) is 7.95. The van der Waals surface area contributed by atoms with Crippen molar-refractivity contribution >= 4 is 45.0 Å². The zero-order valence-corrected chi connectivity index (χ0v) is 18.0. The van der Waals surface area contributed by atoms with Gasteiger partial charge in [-0.1, -0.05) is 23.2 Å². The van der Waals surface area contributed by atoms with E-state index in [-0.39, 0.29) is 40.6 Å². The van der Waals surface area contributed by atoms with Crippen molar-refractivity contribution in [3.63, 3.8) is 0 Å². The van der Waals surface area contributed by atoms with Crippen molar-refractivity contribution < 1.29 is 38.5 Å². The standard InChI is InChI=1S/2C9H5ClFNO.Zn/c2*10-6-4-7(11)9(13)8-5(6)2-1-3-12-8;/h2*1-4,13H;/q;;+2/p-2/i2*11-1;. The molecular formula is C18H8Cl2F2N2O2Zn. The molecule has 0 N–H and O–H groups in total. The van der Waals surface area contributed by atoms with Gasteiger partial charge in [0.05, 0.1) is 21.1 Å². The second-order valence-corrected chi connectivity index (χ2v) is 5.95. The third-order valence-electron chi connectivity index (χ3n) is 3.50. The predicted molar refractivity (Wildman–Crippen MR) is 92.3 cm³/mol. The van der Waals surface area contributed by atoms with Gasteiger partial charge in [-0.3, -0.25) is 9.97 Å². The molecule has 9 heteroatoms. The molecule has 0 aliphatic heterocycles. The third kappa shape index (κ3) is 4.26. The molecule has 0 saturated heterocycles. The zero-order chi connectivity index (χ0) is 18.8. The van der Waals surface area contributed by atoms with E-state index in [1.54, 1.807) is 24.3 Å². The van der Waals surface area contributed by atoms with Crippen LogP contribution in [0, 0.1) is 11.6 Å². The average Bonchev–Trinajstić information content (AvgIpc) is 2.65. The summed E-state index contributed by atoms with van der Waals surface area (Å²) in [4.78, 5) is 7.53. The number of hydrogen-bond acceptors (Lipinski definition) is 4. The second kappa shape index (κ2) is 8.74. The summed E-state index contributed by atoms with van der Waals surface area (Å²) in [7, 11) is 0. The first kappa shape index (κ1) is 21.2. The number of aromatic nitrogens is 2. The molecule has 0 aliphatic rings. The maximum absolute atomic E-state index is 12.9. The molecule has 0 aliphatic carbocycles. The summed E-state index contributed by atoms with van der Waals surface area (Å²) in [5.41, 5.74) is 0.153. The molecule has 0 spiro atoms. The molecule has 0 amide bonds. The van der Waals surface area contributed by atoms with Gasteiger partial charge in [0.15, 0.2) is 0 Å². The van der Waals surface area contributed by atoms with Crippen molar-refractivity contribution in [1.82, 2.24) is 9.97 Å². The maximum Gasteiger partial charge on any atom is 2.00 e. The molecule has 2 aromatic carbocycles. The molecule has 0 fully saturated rings. The van der Waals surface area contributed by atoms with Gasteiger partial charge < -0.3 is 10.2 Å². The number of pyridine rings is 2. The first-order valence-electron chi connectivity index (χ1n) is 7.19. The van der Waals surface area contributed by atoms with Gasteiger partial charge in [-0.25, -0.2) is 8.78 Å². The van der Waals surface area contributed by atoms with Gasteiger partial charge in [0.1, 0.15) is 11.6 Å². The van der Waals surface area contributed by atoms with Crippen LogP contribution in [0.5, 0.6) is 11.5 Å². The monoisotopic (exact) mass is 454 g/mol. The van der Waals surface area contributed by atoms with Crippen LogP contribution in [0.3, 0.4) is 0 Å². The average molecular weight is 457 g/mol. The van der Waals surface area contributed by atoms with Gasteiger partial charge >= 0.3 is 19.5 Å². The smallest absolute Gasteiger partial charge is 0.869 e. The Morgan fingerprint density at radius 2 is 1.11 bits per heavy atom. The first-order chi connectivity index (χ1) is 12.4. The van der Waals surface area contributed by atoms with Crippen molar-refractivity contribution in [3.05, 3.63) is 70.5 Å². The summed E-state index contributed by atoms with van der Waals surface area (Å²) in [6.45, 7) is 0. The molecule has 0 unspecified atom stereocenters. The normalized spacial score (nSPS) is 10.2. The Bertz CT molecular complexity index is 1040. The van der Waals surface area contributed by atoms with Gasteiger partial charge in [0.2, 0.25) is 0 Å². The van der Waals surface area contributed by atoms with Gasteiger partial charge in [-0.05, 0) is 47.9 Å². The number of halogens is 4. The third-order valence-corrected chi connectivity index (χ3v) is 4.13. The largest absolute Gasteiger partial charge is 2.00 e. The van der Waals surface area contributed by atoms with Crippen LogP contribution in [-0.2, 0) is 19.5 Å². The van der Waals surface area contributed by atoms with Crippen molar-refractivity contribution in [2.45, 2.75) is 0 Å². The molecular weight excluding hydrogens is 449 g/mol. The summed E-state index contributed by atoms with van der Waals surface area (Å²) >= 11 is 11.4. The molecule has 4 nitrogen and oxygen atoms in total. The van der Waals surface area contributed by atoms with E-state index in [1.807, 2.05) is 0 Å². The number of nitrogens with zero attached hydrogens (tertiary/aromatic N) is 2. The number of benzene rings is 2. The second-order valence-electron chi connectivity index (χ2n) is 5.14. The van der Waals surface area contributed by atoms with E-state index in [4.69, 9.17) is 23.2 Å². The Kier molecular flexibility index (Phi) is 6.87. The van der Waals surface area contributed by atoms with Crippen LogP contribution < -0.4 is 10.2 Å². The van der Waals surface area contributed by atoms with E-state index in [0.717, 1.165) is 12.1 Å². The van der Waals surface area contributed by atoms with E-state index < -0.39 is 23.1 Å². The topological polar surface area (TPSA) is 71.9 Å². The number of fused-ring (bicyclic) bond motifs is 2. The van der Waals surface area contributed by atoms with Crippen LogP contribution in [0.25, 0.3) is 21.8 Å². The Morgan fingerprint density at radius 1 is 0.741 bits per heavy atom. The molecule has 0 saturated carbocycles. The van der Waals surface area contributed by atoms with Gasteiger partial charge in [-0.2, -0.15) is 0 Å². The van der Waals surface area contributed by atoms with Crippen molar-refractivity contribution in [2.75, 3.05) is 0 Å². The Hall–Kier alpha value is -2.08. The molecule has 4 rings (SSSR count). The van der Waals surface area contributed by atoms with Crippen molar-refractivity contribution in [2.24, 2.45) is 0 Å². The predicted octanol–water partition coefficient (Wildman–Crippen LogP) is 4.20. The van der Waals surface area contributed by atoms with Crippen LogP contribution >= 0.6 is 23.2 Å². The molecule has 4 aromatic rings. The fourth-order valence-corrected chi connectivity index (χ4v) is 2.79. The van der Waals surface area contributed by atoms with Gasteiger partial charge in [-0.15, -0.1) is 0 Å². The molecule has 27 heavy (non-hydrogen) atoms. The van der Waals surface area contributed by atoms with Crippen LogP contribution in [-0.4, -0.2) is 9.97 Å². The summed E-state index contributed by atoms with van der Waals surface area (Å²) in [6, 6.07) is 8.57. The summed E-state index contributed by atoms with van der Waals surface area (Å²) in [5.74, 6) is -3.15. The Balaban J connectivity index is 0.000000187. The zero-order valence-electron chi connectivity index (χ0n) is 13.5. The van der Waals surface area contributed by atoms with Crippen molar-refractivity contribution in [1.29, 1.82) is 0 Å². The Labute approximate surface area is 175 Å². The minimum Gasteiger partial charge on any atom is -0.869 e. The minimum atomic E-state index is -0.865. The minimum absolute atomic E-state index is 0. The molecule has 2 aromatic heterocycles. The van der Waals surface area contributed by atoms with E-state index in [9.17, 15) is 19.0 Å². The number of hydrogen-bond donors (Lipinski definition) is 0. The molecule has 0 bridgehead atoms. The van der Waals surface area contributed by atoms with E-state index in [1.165, 1.54) is 12.4 Å². The molecule has 0 atom stereocenters. The number of rotatable bonds is 0. The van der Waals surface area contributed by atoms with Crippen LogP contribution in [0.2, 0.25) is 10.0 Å². The fraction of sp³-hybridized carbons (Fsp3) is 0. The van der Waals surface area contributed by atoms with Crippen LogP contribution in [0.1, 0.15) is 0 Å². The van der Waals surface area contributed by atoms with E-state index in [0.29, 0.717) is 10.8 Å². The van der Waals surface area contributed by atoms with E-state index in [2.05, 4.69) is 9.97 Å². The fourth-order valence-electron chi connectivity index (χ4n) is 2.29. The van der Waals surface area contributed by atoms with Gasteiger partial charge in [0, 0.05) is 23.2 Å². The molecule has 2 heterocycles. The van der Waals surface area contributed by atoms with E-state index >= 15 is 0 Å². The van der Waals surface area contributed by atoms with Crippen LogP contribution in [0.4, 0.5) is 8.78 Å². The summed E-state index contributed by atoms with van der Waals surface area (Å²) < 4.78 is 25.7. The van der Waals surface area contributed by atoms with Crippen LogP contribution in [0.15, 0.2) is 48.8 Å². The molecule has 132 valence electrons. The quantitative estimate of drug-likeness (QED) is 0.372. The molecule has 0 radical (unpaired) electrons. The van der Waals surface area contributed by atoms with Crippen molar-refractivity contribution in [3.8, 4) is 11.5 Å².